The van der Waals surface area contributed by atoms with Gasteiger partial charge in [0.15, 0.2) is 0 Å². The molecule has 0 saturated heterocycles. The lowest BCUT2D eigenvalue weighted by Gasteiger charge is -2.20. The molecule has 3 N–H and O–H groups in total. The Morgan fingerprint density at radius 1 is 0.474 bits per heavy atom. The number of hydrogen-bond donors (Lipinski definition) is 3. The minimum atomic E-state index is -0.849. The molecule has 1 amide bonds. The Hall–Kier alpha value is -1.40. The highest BCUT2D eigenvalue weighted by Gasteiger charge is 2.18. The molecule has 2 atom stereocenters. The van der Waals surface area contributed by atoms with Gasteiger partial charge < -0.3 is 20.3 Å². The lowest BCUT2D eigenvalue weighted by Crippen LogP contribution is -2.45. The number of amides is 1. The Morgan fingerprint density at radius 2 is 0.807 bits per heavy atom. The Bertz CT molecular complexity index is 847. The fraction of sp³-hybridized carbons (Fsp3) is 0.922. The lowest BCUT2D eigenvalue weighted by atomic mass is 10.0. The number of ether oxygens (including phenoxy) is 1. The minimum absolute atomic E-state index is 0.00276. The van der Waals surface area contributed by atoms with Crippen LogP contribution < -0.4 is 5.32 Å². The lowest BCUT2D eigenvalue weighted by molar-refractivity contribution is -0.143. The van der Waals surface area contributed by atoms with Crippen LogP contribution in [0.4, 0.5) is 0 Å². The van der Waals surface area contributed by atoms with Crippen LogP contribution in [0.15, 0.2) is 12.2 Å². The second kappa shape index (κ2) is 47.3. The van der Waals surface area contributed by atoms with Crippen LogP contribution in [0.25, 0.3) is 0 Å². The molecule has 0 rings (SSSR count). The number of esters is 1. The van der Waals surface area contributed by atoms with E-state index >= 15 is 0 Å². The first-order valence-electron chi connectivity index (χ1n) is 25.5. The van der Waals surface area contributed by atoms with Gasteiger partial charge in [0, 0.05) is 12.8 Å². The maximum absolute atomic E-state index is 12.4. The molecular weight excluding hydrogens is 707 g/mol. The van der Waals surface area contributed by atoms with Crippen molar-refractivity contribution < 1.29 is 24.5 Å². The van der Waals surface area contributed by atoms with E-state index in [1.54, 1.807) is 6.08 Å². The average Bonchev–Trinajstić information content (AvgIpc) is 3.21. The van der Waals surface area contributed by atoms with Gasteiger partial charge in [-0.05, 0) is 32.1 Å². The number of aliphatic hydroxyl groups is 2. The van der Waals surface area contributed by atoms with Crippen LogP contribution in [0, 0.1) is 0 Å². The van der Waals surface area contributed by atoms with Crippen LogP contribution >= 0.6 is 0 Å². The molecule has 0 aliphatic carbocycles. The number of nitrogens with one attached hydrogen (secondary N) is 1. The van der Waals surface area contributed by atoms with E-state index in [0.717, 1.165) is 57.8 Å². The number of aliphatic hydroxyl groups excluding tert-OH is 2. The zero-order valence-corrected chi connectivity index (χ0v) is 38.3. The molecule has 0 aromatic heterocycles. The van der Waals surface area contributed by atoms with Crippen molar-refractivity contribution in [1.82, 2.24) is 5.32 Å². The van der Waals surface area contributed by atoms with Crippen LogP contribution in [0.1, 0.15) is 277 Å². The molecule has 57 heavy (non-hydrogen) atoms. The van der Waals surface area contributed by atoms with Gasteiger partial charge in [0.05, 0.1) is 25.4 Å². The number of carbonyl (C=O) groups excluding carboxylic acids is 2. The van der Waals surface area contributed by atoms with Crippen molar-refractivity contribution in [3.63, 3.8) is 0 Å². The van der Waals surface area contributed by atoms with E-state index < -0.39 is 12.1 Å². The summed E-state index contributed by atoms with van der Waals surface area (Å²) < 4.78 is 5.45. The van der Waals surface area contributed by atoms with Crippen molar-refractivity contribution >= 4 is 11.9 Å². The highest BCUT2D eigenvalue weighted by molar-refractivity contribution is 5.76. The molecular formula is C51H99NO5. The number of hydrogen-bond acceptors (Lipinski definition) is 5. The van der Waals surface area contributed by atoms with Gasteiger partial charge in [0.1, 0.15) is 0 Å². The summed E-state index contributed by atoms with van der Waals surface area (Å²) in [5.41, 5.74) is 0. The van der Waals surface area contributed by atoms with Crippen LogP contribution in [0.2, 0.25) is 0 Å². The fourth-order valence-electron chi connectivity index (χ4n) is 7.87. The number of unbranched alkanes of at least 4 members (excludes halogenated alkanes) is 36. The third-order valence-electron chi connectivity index (χ3n) is 11.8. The van der Waals surface area contributed by atoms with Crippen LogP contribution in [0.3, 0.4) is 0 Å². The Morgan fingerprint density at radius 3 is 1.19 bits per heavy atom. The highest BCUT2D eigenvalue weighted by Crippen LogP contribution is 2.16. The summed E-state index contributed by atoms with van der Waals surface area (Å²) in [7, 11) is 0. The van der Waals surface area contributed by atoms with Crippen LogP contribution in [-0.4, -0.2) is 47.4 Å². The molecule has 0 radical (unpaired) electrons. The van der Waals surface area contributed by atoms with Gasteiger partial charge in [-0.25, -0.2) is 0 Å². The van der Waals surface area contributed by atoms with Gasteiger partial charge in [-0.1, -0.05) is 244 Å². The largest absolute Gasteiger partial charge is 0.466 e. The van der Waals surface area contributed by atoms with Gasteiger partial charge in [-0.15, -0.1) is 0 Å². The maximum Gasteiger partial charge on any atom is 0.305 e. The van der Waals surface area contributed by atoms with Gasteiger partial charge in [-0.3, -0.25) is 9.59 Å². The van der Waals surface area contributed by atoms with Crippen molar-refractivity contribution in [2.45, 2.75) is 289 Å². The van der Waals surface area contributed by atoms with Gasteiger partial charge in [0.2, 0.25) is 5.91 Å². The van der Waals surface area contributed by atoms with Crippen molar-refractivity contribution in [1.29, 1.82) is 0 Å². The predicted octanol–water partition coefficient (Wildman–Crippen LogP) is 15.0. The zero-order valence-electron chi connectivity index (χ0n) is 38.3. The molecule has 338 valence electrons. The highest BCUT2D eigenvalue weighted by atomic mass is 16.5. The Kier molecular flexibility index (Phi) is 46.1. The first-order valence-corrected chi connectivity index (χ1v) is 25.5. The number of allylic oxidation sites excluding steroid dienone is 1. The van der Waals surface area contributed by atoms with E-state index in [9.17, 15) is 19.8 Å². The minimum Gasteiger partial charge on any atom is -0.466 e. The van der Waals surface area contributed by atoms with E-state index in [4.69, 9.17) is 4.74 Å². The maximum atomic E-state index is 12.4. The van der Waals surface area contributed by atoms with Crippen molar-refractivity contribution in [3.8, 4) is 0 Å². The smallest absolute Gasteiger partial charge is 0.305 e. The summed E-state index contributed by atoms with van der Waals surface area (Å²) in [5, 5.41) is 23.0. The molecule has 0 aliphatic heterocycles. The first kappa shape index (κ1) is 55.6. The topological polar surface area (TPSA) is 95.9 Å². The summed E-state index contributed by atoms with van der Waals surface area (Å²) in [6.45, 7) is 4.88. The molecule has 0 heterocycles. The third kappa shape index (κ3) is 44.0. The molecule has 6 heteroatoms. The second-order valence-electron chi connectivity index (χ2n) is 17.5. The zero-order chi connectivity index (χ0) is 41.5. The van der Waals surface area contributed by atoms with Crippen molar-refractivity contribution in [3.05, 3.63) is 12.2 Å². The molecule has 6 nitrogen and oxygen atoms in total. The van der Waals surface area contributed by atoms with Gasteiger partial charge >= 0.3 is 5.97 Å². The SMILES string of the molecule is CCCCCCCCCCCCCC/C=C/C(O)C(CO)NC(=O)CCCCCCCCCCCCCCCCOC(=O)CCCCCCCCCCCCCC. The molecule has 0 spiro atoms. The Balaban J connectivity index is 3.47. The van der Waals surface area contributed by atoms with E-state index in [0.29, 0.717) is 19.4 Å². The van der Waals surface area contributed by atoms with E-state index in [2.05, 4.69) is 19.2 Å². The second-order valence-corrected chi connectivity index (χ2v) is 17.5. The monoisotopic (exact) mass is 806 g/mol. The predicted molar refractivity (Wildman–Crippen MR) is 246 cm³/mol. The van der Waals surface area contributed by atoms with Gasteiger partial charge in [0.25, 0.3) is 0 Å². The first-order chi connectivity index (χ1) is 28.0. The fourth-order valence-corrected chi connectivity index (χ4v) is 7.87. The average molecular weight is 806 g/mol. The quantitative estimate of drug-likeness (QED) is 0.0323. The van der Waals surface area contributed by atoms with Crippen molar-refractivity contribution in [2.75, 3.05) is 13.2 Å². The molecule has 0 aliphatic rings. The standard InChI is InChI=1S/C51H99NO5/c1-3-5-7-9-11-13-15-17-20-23-27-31-35-39-43-49(54)48(47-53)52-50(55)44-40-36-32-28-24-21-18-19-22-26-30-34-38-42-46-57-51(56)45-41-37-33-29-25-16-14-12-10-8-6-4-2/h39,43,48-49,53-54H,3-38,40-42,44-47H2,1-2H3,(H,52,55)/b43-39+. The number of carbonyl (C=O) groups is 2. The summed E-state index contributed by atoms with van der Waals surface area (Å²) in [5.74, 6) is -0.0804. The number of rotatable bonds is 47. The molecule has 2 unspecified atom stereocenters. The van der Waals surface area contributed by atoms with E-state index in [1.165, 1.54) is 193 Å². The normalized spacial score (nSPS) is 12.7. The summed E-state index contributed by atoms with van der Waals surface area (Å²) in [4.78, 5) is 24.4. The molecule has 0 saturated carbocycles. The summed E-state index contributed by atoms with van der Waals surface area (Å²) >= 11 is 0. The molecule has 0 fully saturated rings. The molecule has 0 aromatic carbocycles. The molecule has 0 aromatic rings. The van der Waals surface area contributed by atoms with Crippen LogP contribution in [0.5, 0.6) is 0 Å². The van der Waals surface area contributed by atoms with E-state index in [1.807, 2.05) is 6.08 Å². The summed E-state index contributed by atoms with van der Waals surface area (Å²) in [6, 6.07) is -0.634. The van der Waals surface area contributed by atoms with E-state index in [-0.39, 0.29) is 18.5 Å². The van der Waals surface area contributed by atoms with Gasteiger partial charge in [-0.2, -0.15) is 0 Å². The third-order valence-corrected chi connectivity index (χ3v) is 11.8. The summed E-state index contributed by atoms with van der Waals surface area (Å²) in [6.07, 6.45) is 53.4. The Labute approximate surface area is 355 Å². The van der Waals surface area contributed by atoms with Crippen LogP contribution in [-0.2, 0) is 14.3 Å². The van der Waals surface area contributed by atoms with Crippen molar-refractivity contribution in [2.24, 2.45) is 0 Å². The molecule has 0 bridgehead atoms.